The average molecular weight is 435 g/mol. The Bertz CT molecular complexity index is 1180. The lowest BCUT2D eigenvalue weighted by atomic mass is 9.95. The van der Waals surface area contributed by atoms with E-state index in [1.54, 1.807) is 67.0 Å². The molecule has 0 radical (unpaired) electrons. The molecule has 6 nitrogen and oxygen atoms in total. The number of hydrogen-bond donors (Lipinski definition) is 1. The van der Waals surface area contributed by atoms with E-state index in [4.69, 9.17) is 16.3 Å². The lowest BCUT2D eigenvalue weighted by Gasteiger charge is -2.25. The van der Waals surface area contributed by atoms with E-state index in [1.165, 1.54) is 12.0 Å². The van der Waals surface area contributed by atoms with Crippen molar-refractivity contribution in [3.8, 4) is 5.75 Å². The molecule has 1 aromatic heterocycles. The Morgan fingerprint density at radius 3 is 2.65 bits per heavy atom. The number of aromatic nitrogens is 1. The molecule has 0 bridgehead atoms. The summed E-state index contributed by atoms with van der Waals surface area (Å²) < 4.78 is 5.22. The SMILES string of the molecule is COc1cccc(/C(O)=C2\C(=O)C(=O)N(Cc3cccnc3)[C@@H]2c2cccc(Cl)c2)c1. The Hall–Kier alpha value is -3.64. The molecule has 2 heterocycles. The van der Waals surface area contributed by atoms with Crippen LogP contribution in [-0.2, 0) is 16.1 Å². The molecule has 1 aliphatic heterocycles. The molecule has 1 fully saturated rings. The molecule has 0 saturated carbocycles. The highest BCUT2D eigenvalue weighted by molar-refractivity contribution is 6.46. The van der Waals surface area contributed by atoms with Crippen molar-refractivity contribution in [1.29, 1.82) is 0 Å². The fraction of sp³-hybridized carbons (Fsp3) is 0.125. The molecule has 2 aromatic carbocycles. The van der Waals surface area contributed by atoms with E-state index in [-0.39, 0.29) is 17.9 Å². The summed E-state index contributed by atoms with van der Waals surface area (Å²) in [7, 11) is 1.51. The number of ketones is 1. The number of pyridine rings is 1. The smallest absolute Gasteiger partial charge is 0.295 e. The molecule has 0 aliphatic carbocycles. The van der Waals surface area contributed by atoms with Gasteiger partial charge in [0.1, 0.15) is 11.5 Å². The monoisotopic (exact) mass is 434 g/mol. The van der Waals surface area contributed by atoms with Gasteiger partial charge in [0.2, 0.25) is 0 Å². The summed E-state index contributed by atoms with van der Waals surface area (Å²) in [5, 5.41) is 11.6. The lowest BCUT2D eigenvalue weighted by molar-refractivity contribution is -0.140. The van der Waals surface area contributed by atoms with Gasteiger partial charge >= 0.3 is 0 Å². The maximum absolute atomic E-state index is 13.1. The second-order valence-electron chi connectivity index (χ2n) is 7.08. The van der Waals surface area contributed by atoms with Crippen LogP contribution >= 0.6 is 11.6 Å². The van der Waals surface area contributed by atoms with Crippen molar-refractivity contribution < 1.29 is 19.4 Å². The first-order valence-electron chi connectivity index (χ1n) is 9.57. The van der Waals surface area contributed by atoms with Crippen LogP contribution in [0.1, 0.15) is 22.7 Å². The first kappa shape index (κ1) is 20.6. The molecule has 31 heavy (non-hydrogen) atoms. The third kappa shape index (κ3) is 4.02. The second-order valence-corrected chi connectivity index (χ2v) is 7.51. The van der Waals surface area contributed by atoms with E-state index >= 15 is 0 Å². The maximum atomic E-state index is 13.1. The topological polar surface area (TPSA) is 79.7 Å². The van der Waals surface area contributed by atoms with E-state index < -0.39 is 17.7 Å². The summed E-state index contributed by atoms with van der Waals surface area (Å²) in [6, 6.07) is 16.4. The summed E-state index contributed by atoms with van der Waals surface area (Å²) in [5.41, 5.74) is 1.77. The number of likely N-dealkylation sites (tertiary alicyclic amines) is 1. The Morgan fingerprint density at radius 1 is 1.13 bits per heavy atom. The number of Topliss-reactive ketones (excluding diaryl/α,β-unsaturated/α-hetero) is 1. The number of hydrogen-bond acceptors (Lipinski definition) is 5. The number of halogens is 1. The van der Waals surface area contributed by atoms with Crippen molar-refractivity contribution >= 4 is 29.1 Å². The zero-order valence-corrected chi connectivity index (χ0v) is 17.4. The van der Waals surface area contributed by atoms with Crippen LogP contribution in [0, 0.1) is 0 Å². The van der Waals surface area contributed by atoms with Crippen LogP contribution in [0.4, 0.5) is 0 Å². The van der Waals surface area contributed by atoms with E-state index in [9.17, 15) is 14.7 Å². The highest BCUT2D eigenvalue weighted by Gasteiger charge is 2.46. The average Bonchev–Trinajstić information content (AvgIpc) is 3.04. The Labute approximate surface area is 184 Å². The third-order valence-electron chi connectivity index (χ3n) is 5.12. The quantitative estimate of drug-likeness (QED) is 0.366. The van der Waals surface area contributed by atoms with Crippen LogP contribution < -0.4 is 4.74 Å². The van der Waals surface area contributed by atoms with Crippen molar-refractivity contribution in [2.45, 2.75) is 12.6 Å². The molecule has 0 unspecified atom stereocenters. The number of methoxy groups -OCH3 is 1. The maximum Gasteiger partial charge on any atom is 0.295 e. The minimum atomic E-state index is -0.801. The molecular formula is C24H19ClN2O4. The zero-order chi connectivity index (χ0) is 22.0. The molecule has 1 N–H and O–H groups in total. The zero-order valence-electron chi connectivity index (χ0n) is 16.7. The van der Waals surface area contributed by atoms with Gasteiger partial charge in [0.05, 0.1) is 18.7 Å². The molecule has 0 spiro atoms. The van der Waals surface area contributed by atoms with Crippen LogP contribution in [0.25, 0.3) is 5.76 Å². The van der Waals surface area contributed by atoms with Crippen molar-refractivity contribution in [3.05, 3.63) is 100 Å². The minimum absolute atomic E-state index is 0.00408. The van der Waals surface area contributed by atoms with Gasteiger partial charge in [-0.15, -0.1) is 0 Å². The fourth-order valence-corrected chi connectivity index (χ4v) is 3.88. The largest absolute Gasteiger partial charge is 0.507 e. The first-order chi connectivity index (χ1) is 15.0. The fourth-order valence-electron chi connectivity index (χ4n) is 3.68. The number of aliphatic hydroxyl groups excluding tert-OH is 1. The van der Waals surface area contributed by atoms with Crippen molar-refractivity contribution in [3.63, 3.8) is 0 Å². The van der Waals surface area contributed by atoms with Crippen LogP contribution in [0.5, 0.6) is 5.75 Å². The summed E-state index contributed by atoms with van der Waals surface area (Å²) >= 11 is 6.19. The summed E-state index contributed by atoms with van der Waals surface area (Å²) in [4.78, 5) is 31.6. The van der Waals surface area contributed by atoms with Crippen LogP contribution in [-0.4, -0.2) is 33.8 Å². The number of carbonyl (C=O) groups excluding carboxylic acids is 2. The third-order valence-corrected chi connectivity index (χ3v) is 5.36. The second kappa shape index (κ2) is 8.62. The summed E-state index contributed by atoms with van der Waals surface area (Å²) in [6.07, 6.45) is 3.27. The van der Waals surface area contributed by atoms with Gasteiger partial charge in [-0.2, -0.15) is 0 Å². The number of rotatable bonds is 5. The molecule has 1 saturated heterocycles. The summed E-state index contributed by atoms with van der Waals surface area (Å²) in [6.45, 7) is 0.157. The number of nitrogens with zero attached hydrogens (tertiary/aromatic N) is 2. The number of amides is 1. The van der Waals surface area contributed by atoms with Crippen LogP contribution in [0.2, 0.25) is 5.02 Å². The highest BCUT2D eigenvalue weighted by Crippen LogP contribution is 2.41. The van der Waals surface area contributed by atoms with Gasteiger partial charge in [0.25, 0.3) is 11.7 Å². The first-order valence-corrected chi connectivity index (χ1v) is 9.94. The van der Waals surface area contributed by atoms with Crippen molar-refractivity contribution in [1.82, 2.24) is 9.88 Å². The Kier molecular flexibility index (Phi) is 5.73. The number of benzene rings is 2. The van der Waals surface area contributed by atoms with Gasteiger partial charge in [0.15, 0.2) is 0 Å². The van der Waals surface area contributed by atoms with Gasteiger partial charge in [0, 0.05) is 29.5 Å². The molecule has 1 atom stereocenters. The van der Waals surface area contributed by atoms with E-state index in [2.05, 4.69) is 4.98 Å². The predicted octanol–water partition coefficient (Wildman–Crippen LogP) is 4.37. The molecule has 7 heteroatoms. The lowest BCUT2D eigenvalue weighted by Crippen LogP contribution is -2.29. The number of aliphatic hydroxyl groups is 1. The standard InChI is InChI=1S/C24H19ClN2O4/c1-31-19-9-3-7-17(12-19)22(28)20-21(16-6-2-8-18(25)11-16)27(24(30)23(20)29)14-15-5-4-10-26-13-15/h2-13,21,28H,14H2,1H3/b22-20+/t21-/m1/s1. The number of carbonyl (C=O) groups is 2. The van der Waals surface area contributed by atoms with Crippen molar-refractivity contribution in [2.24, 2.45) is 0 Å². The highest BCUT2D eigenvalue weighted by atomic mass is 35.5. The molecule has 1 aliphatic rings. The van der Waals surface area contributed by atoms with E-state index in [0.717, 1.165) is 5.56 Å². The molecule has 4 rings (SSSR count). The van der Waals surface area contributed by atoms with Crippen molar-refractivity contribution in [2.75, 3.05) is 7.11 Å². The summed E-state index contributed by atoms with van der Waals surface area (Å²) in [5.74, 6) is -1.20. The Balaban J connectivity index is 1.87. The Morgan fingerprint density at radius 2 is 1.94 bits per heavy atom. The normalized spacial score (nSPS) is 17.7. The van der Waals surface area contributed by atoms with Gasteiger partial charge in [-0.05, 0) is 41.5 Å². The number of ether oxygens (including phenoxy) is 1. The van der Waals surface area contributed by atoms with Gasteiger partial charge in [-0.25, -0.2) is 0 Å². The predicted molar refractivity (Wildman–Crippen MR) is 117 cm³/mol. The van der Waals surface area contributed by atoms with Gasteiger partial charge < -0.3 is 14.7 Å². The molecule has 1 amide bonds. The van der Waals surface area contributed by atoms with E-state index in [1.807, 2.05) is 6.07 Å². The van der Waals surface area contributed by atoms with Crippen LogP contribution in [0.3, 0.4) is 0 Å². The molecule has 3 aromatic rings. The van der Waals surface area contributed by atoms with Gasteiger partial charge in [-0.1, -0.05) is 41.9 Å². The molecular weight excluding hydrogens is 416 g/mol. The van der Waals surface area contributed by atoms with Crippen LogP contribution in [0.15, 0.2) is 78.6 Å². The van der Waals surface area contributed by atoms with E-state index in [0.29, 0.717) is 21.9 Å². The van der Waals surface area contributed by atoms with Gasteiger partial charge in [-0.3, -0.25) is 14.6 Å². The minimum Gasteiger partial charge on any atom is -0.507 e. The molecule has 156 valence electrons.